The first-order valence-corrected chi connectivity index (χ1v) is 19.5. The van der Waals surface area contributed by atoms with Crippen molar-refractivity contribution in [1.29, 1.82) is 0 Å². The van der Waals surface area contributed by atoms with Gasteiger partial charge in [0, 0.05) is 39.3 Å². The molecule has 2 N–H and O–H groups in total. The molecule has 54 heavy (non-hydrogen) atoms. The molecule has 2 heterocycles. The third-order valence-corrected chi connectivity index (χ3v) is 12.2. The Hall–Kier alpha value is -5.27. The average molecular weight is 781 g/mol. The van der Waals surface area contributed by atoms with Gasteiger partial charge < -0.3 is 15.1 Å². The van der Waals surface area contributed by atoms with E-state index in [0.717, 1.165) is 50.9 Å². The van der Waals surface area contributed by atoms with Gasteiger partial charge in [0.1, 0.15) is 6.42 Å². The molecule has 0 radical (unpaired) electrons. The first-order valence-electron chi connectivity index (χ1n) is 18.7. The Morgan fingerprint density at radius 2 is 1.39 bits per heavy atom. The molecule has 3 aliphatic rings. The molecule has 7 heteroatoms. The van der Waals surface area contributed by atoms with Crippen molar-refractivity contribution in [3.63, 3.8) is 0 Å². The summed E-state index contributed by atoms with van der Waals surface area (Å²) in [5.41, 5.74) is 8.39. The number of aryl methyl sites for hydroxylation is 1. The number of carboxylic acids is 2. The number of halogens is 1. The van der Waals surface area contributed by atoms with E-state index in [-0.39, 0.29) is 12.8 Å². The van der Waals surface area contributed by atoms with E-state index in [9.17, 15) is 19.8 Å². The first kappa shape index (κ1) is 35.7. The summed E-state index contributed by atoms with van der Waals surface area (Å²) in [6.07, 6.45) is 14.8. The molecule has 6 nitrogen and oxygen atoms in total. The normalized spacial score (nSPS) is 18.0. The second-order valence-corrected chi connectivity index (χ2v) is 16.5. The summed E-state index contributed by atoms with van der Waals surface area (Å²) in [5, 5.41) is 26.8. The zero-order valence-corrected chi connectivity index (χ0v) is 32.7. The number of aliphatic carboxylic acids is 2. The minimum absolute atomic E-state index is 0.00646. The summed E-state index contributed by atoms with van der Waals surface area (Å²) in [7, 11) is 0. The van der Waals surface area contributed by atoms with Gasteiger partial charge in [0.2, 0.25) is 5.69 Å². The molecule has 0 atom stereocenters. The lowest BCUT2D eigenvalue weighted by molar-refractivity contribution is -0.435. The highest BCUT2D eigenvalue weighted by molar-refractivity contribution is 9.11. The van der Waals surface area contributed by atoms with E-state index >= 15 is 0 Å². The molecule has 1 aliphatic carbocycles. The van der Waals surface area contributed by atoms with E-state index in [0.29, 0.717) is 13.1 Å². The van der Waals surface area contributed by atoms with Gasteiger partial charge in [0.05, 0.1) is 22.9 Å². The van der Waals surface area contributed by atoms with Crippen molar-refractivity contribution in [2.24, 2.45) is 0 Å². The van der Waals surface area contributed by atoms with Crippen molar-refractivity contribution in [3.05, 3.63) is 136 Å². The Kier molecular flexibility index (Phi) is 8.96. The fraction of sp³-hybridized carbons (Fsp3) is 0.255. The fourth-order valence-corrected chi connectivity index (χ4v) is 9.63. The molecule has 272 valence electrons. The van der Waals surface area contributed by atoms with E-state index in [1.54, 1.807) is 0 Å². The van der Waals surface area contributed by atoms with Crippen molar-refractivity contribution in [3.8, 4) is 0 Å². The lowest BCUT2D eigenvalue weighted by Gasteiger charge is -2.27. The zero-order valence-electron chi connectivity index (χ0n) is 31.1. The third kappa shape index (κ3) is 5.72. The Bertz CT molecular complexity index is 2590. The molecular weight excluding hydrogens is 736 g/mol. The van der Waals surface area contributed by atoms with E-state index in [1.165, 1.54) is 43.8 Å². The van der Waals surface area contributed by atoms with Crippen molar-refractivity contribution in [2.45, 2.75) is 64.2 Å². The first-order chi connectivity index (χ1) is 25.9. The summed E-state index contributed by atoms with van der Waals surface area (Å²) < 4.78 is 3.05. The molecule has 0 bridgehead atoms. The van der Waals surface area contributed by atoms with Crippen molar-refractivity contribution >= 4 is 83.3 Å². The summed E-state index contributed by atoms with van der Waals surface area (Å²) >= 11 is 3.86. The van der Waals surface area contributed by atoms with Gasteiger partial charge in [-0.15, -0.1) is 0 Å². The van der Waals surface area contributed by atoms with Crippen LogP contribution in [-0.4, -0.2) is 45.5 Å². The molecular formula is C47H44BrN2O4+. The van der Waals surface area contributed by atoms with Gasteiger partial charge in [-0.1, -0.05) is 109 Å². The molecule has 0 saturated carbocycles. The van der Waals surface area contributed by atoms with Crippen LogP contribution in [0.3, 0.4) is 0 Å². The maximum atomic E-state index is 12.0. The van der Waals surface area contributed by atoms with Gasteiger partial charge in [-0.2, -0.15) is 4.58 Å². The highest BCUT2D eigenvalue weighted by Crippen LogP contribution is 2.55. The molecule has 0 aromatic heterocycles. The van der Waals surface area contributed by atoms with Gasteiger partial charge in [-0.05, 0) is 89.0 Å². The van der Waals surface area contributed by atoms with Crippen LogP contribution >= 0.6 is 15.9 Å². The third-order valence-electron chi connectivity index (χ3n) is 11.6. The minimum Gasteiger partial charge on any atom is -0.481 e. The minimum atomic E-state index is -0.834. The summed E-state index contributed by atoms with van der Waals surface area (Å²) in [6, 6.07) is 25.6. The largest absolute Gasteiger partial charge is 0.481 e. The van der Waals surface area contributed by atoms with E-state index in [1.807, 2.05) is 0 Å². The Morgan fingerprint density at radius 1 is 0.796 bits per heavy atom. The van der Waals surface area contributed by atoms with Crippen molar-refractivity contribution in [1.82, 2.24) is 0 Å². The van der Waals surface area contributed by atoms with Crippen LogP contribution in [-0.2, 0) is 26.8 Å². The van der Waals surface area contributed by atoms with Crippen LogP contribution in [0.15, 0.2) is 113 Å². The Labute approximate surface area is 324 Å². The molecule has 5 aromatic carbocycles. The zero-order chi connectivity index (χ0) is 37.9. The number of rotatable bonds is 9. The quantitative estimate of drug-likeness (QED) is 0.0884. The monoisotopic (exact) mass is 779 g/mol. The maximum absolute atomic E-state index is 12.0. The van der Waals surface area contributed by atoms with Gasteiger partial charge in [0.15, 0.2) is 12.3 Å². The van der Waals surface area contributed by atoms with Crippen LogP contribution in [0.4, 0.5) is 11.4 Å². The van der Waals surface area contributed by atoms with Crippen LogP contribution in [0.1, 0.15) is 69.2 Å². The average Bonchev–Trinajstić information content (AvgIpc) is 3.53. The van der Waals surface area contributed by atoms with Crippen molar-refractivity contribution in [2.75, 3.05) is 18.0 Å². The van der Waals surface area contributed by atoms with Crippen LogP contribution < -0.4 is 4.90 Å². The Morgan fingerprint density at radius 3 is 2.06 bits per heavy atom. The standard InChI is InChI=1S/C47H43BrN2O4/c1-46(2)38(49(27-25-40(51)52)44-36-19-11-7-15-32(36)30-13-5-9-17-34(30)42(44)46)23-21-29(48)22-24-39-47(3,4)43-35-18-10-6-14-31(35)33-16-8-12-20-37(33)45(43)50(39)28-26-41(53)54/h5-7,9-15,17-24H,8,16,25-28H2,1-4H3,(H-,51,52,53,54)/p+1. The summed E-state index contributed by atoms with van der Waals surface area (Å²) in [4.78, 5) is 26.2. The number of carboxylic acid groups (broad SMARTS) is 2. The number of nitrogens with zero attached hydrogens (tertiary/aromatic N) is 2. The molecule has 0 amide bonds. The van der Waals surface area contributed by atoms with E-state index < -0.39 is 22.8 Å². The maximum Gasteiger partial charge on any atom is 0.309 e. The highest BCUT2D eigenvalue weighted by Gasteiger charge is 2.47. The van der Waals surface area contributed by atoms with Crippen LogP contribution in [0.25, 0.3) is 38.4 Å². The van der Waals surface area contributed by atoms with Crippen LogP contribution in [0.5, 0.6) is 0 Å². The number of hydrogen-bond acceptors (Lipinski definition) is 3. The SMILES string of the molecule is CC1(C)C(/C=C/C(Br)=C/C=C2\N(CCC(=O)O)c3c4c(c5ccccc5c3C2(C)C)CCC=C4)=[N+](CCC(=O)O)c2c1c1ccccc1c1ccccc21. The number of fused-ring (bicyclic) bond motifs is 12. The van der Waals surface area contributed by atoms with Crippen LogP contribution in [0.2, 0.25) is 0 Å². The summed E-state index contributed by atoms with van der Waals surface area (Å²) in [5.74, 6) is -1.66. The smallest absolute Gasteiger partial charge is 0.309 e. The van der Waals surface area contributed by atoms with Gasteiger partial charge in [0.25, 0.3) is 0 Å². The van der Waals surface area contributed by atoms with Crippen LogP contribution in [0, 0.1) is 0 Å². The molecule has 0 unspecified atom stereocenters. The number of allylic oxidation sites excluding steroid dienone is 7. The van der Waals surface area contributed by atoms with E-state index in [4.69, 9.17) is 0 Å². The van der Waals surface area contributed by atoms with Crippen molar-refractivity contribution < 1.29 is 24.4 Å². The second-order valence-electron chi connectivity index (χ2n) is 15.6. The number of hydrogen-bond donors (Lipinski definition) is 2. The number of carbonyl (C=O) groups is 2. The number of benzene rings is 5. The fourth-order valence-electron chi connectivity index (χ4n) is 9.36. The summed E-state index contributed by atoms with van der Waals surface area (Å²) in [6.45, 7) is 9.64. The molecule has 8 rings (SSSR count). The number of anilines is 1. The van der Waals surface area contributed by atoms with E-state index in [2.05, 4.69) is 162 Å². The predicted molar refractivity (Wildman–Crippen MR) is 225 cm³/mol. The van der Waals surface area contributed by atoms with Gasteiger partial charge >= 0.3 is 11.9 Å². The molecule has 2 aliphatic heterocycles. The molecule has 0 saturated heterocycles. The molecule has 0 spiro atoms. The second kappa shape index (κ2) is 13.5. The Balaban J connectivity index is 1.25. The van der Waals surface area contributed by atoms with Gasteiger partial charge in [-0.3, -0.25) is 9.59 Å². The molecule has 0 fully saturated rings. The topological polar surface area (TPSA) is 80.9 Å². The van der Waals surface area contributed by atoms with Gasteiger partial charge in [-0.25, -0.2) is 0 Å². The molecule has 5 aromatic rings. The predicted octanol–water partition coefficient (Wildman–Crippen LogP) is 10.9. The lowest BCUT2D eigenvalue weighted by Crippen LogP contribution is -2.28. The highest BCUT2D eigenvalue weighted by atomic mass is 79.9. The lowest BCUT2D eigenvalue weighted by atomic mass is 9.78.